The van der Waals surface area contributed by atoms with Gasteiger partial charge in [-0.15, -0.1) is 5.10 Å². The van der Waals surface area contributed by atoms with E-state index in [9.17, 15) is 9.18 Å². The number of carbonyl (C=O) groups excluding carboxylic acids is 1. The second-order valence-electron chi connectivity index (χ2n) is 5.91. The summed E-state index contributed by atoms with van der Waals surface area (Å²) in [7, 11) is 0. The molecule has 0 saturated carbocycles. The number of hydrogen-bond acceptors (Lipinski definition) is 5. The number of carbonyl (C=O) groups is 1. The van der Waals surface area contributed by atoms with Gasteiger partial charge in [0, 0.05) is 31.9 Å². The van der Waals surface area contributed by atoms with Gasteiger partial charge in [-0.3, -0.25) is 20.1 Å². The molecule has 0 unspecified atom stereocenters. The fraction of sp³-hybridized carbons (Fsp3) is 0.438. The average molecular weight is 332 g/mol. The molecule has 0 bridgehead atoms. The summed E-state index contributed by atoms with van der Waals surface area (Å²) in [6.07, 6.45) is 0. The number of aromatic amines is 1. The summed E-state index contributed by atoms with van der Waals surface area (Å²) in [4.78, 5) is 20.7. The van der Waals surface area contributed by atoms with Crippen LogP contribution in [-0.2, 0) is 4.79 Å². The van der Waals surface area contributed by atoms with Gasteiger partial charge < -0.3 is 4.90 Å². The maximum atomic E-state index is 13.0. The van der Waals surface area contributed by atoms with Crippen molar-refractivity contribution in [3.05, 3.63) is 35.9 Å². The topological polar surface area (TPSA) is 77.2 Å². The van der Waals surface area contributed by atoms with Crippen molar-refractivity contribution in [1.29, 1.82) is 0 Å². The summed E-state index contributed by atoms with van der Waals surface area (Å²) in [5.74, 6) is 0.606. The Kier molecular flexibility index (Phi) is 4.75. The van der Waals surface area contributed by atoms with E-state index in [2.05, 4.69) is 30.3 Å². The van der Waals surface area contributed by atoms with Crippen molar-refractivity contribution in [2.75, 3.05) is 36.4 Å². The maximum absolute atomic E-state index is 13.0. The van der Waals surface area contributed by atoms with E-state index in [-0.39, 0.29) is 17.8 Å². The monoisotopic (exact) mass is 332 g/mol. The standard InChI is InChI=1S/C16H21FN6O/c1-11(15(24)19-16-18-12(2)20-21-16)22-7-9-23(10-8-22)14-5-3-13(17)4-6-14/h3-6,11H,7-10H2,1-2H3,(H2,18,19,20,21,24)/t11-/m1/s1. The van der Waals surface area contributed by atoms with Crippen molar-refractivity contribution in [3.63, 3.8) is 0 Å². The lowest BCUT2D eigenvalue weighted by Crippen LogP contribution is -2.52. The number of aryl methyl sites for hydroxylation is 1. The van der Waals surface area contributed by atoms with Crippen molar-refractivity contribution in [2.45, 2.75) is 19.9 Å². The highest BCUT2D eigenvalue weighted by molar-refractivity contribution is 5.93. The molecule has 0 spiro atoms. The predicted molar refractivity (Wildman–Crippen MR) is 89.4 cm³/mol. The zero-order valence-corrected chi connectivity index (χ0v) is 13.8. The third-order valence-electron chi connectivity index (χ3n) is 4.27. The number of aromatic nitrogens is 3. The first-order valence-electron chi connectivity index (χ1n) is 7.97. The first-order valence-corrected chi connectivity index (χ1v) is 7.97. The highest BCUT2D eigenvalue weighted by Crippen LogP contribution is 2.18. The molecular formula is C16H21FN6O. The summed E-state index contributed by atoms with van der Waals surface area (Å²) in [5, 5.41) is 9.33. The zero-order valence-electron chi connectivity index (χ0n) is 13.8. The summed E-state index contributed by atoms with van der Waals surface area (Å²) in [5.41, 5.74) is 1.00. The normalized spacial score (nSPS) is 16.9. The summed E-state index contributed by atoms with van der Waals surface area (Å²) in [6, 6.07) is 6.24. The van der Waals surface area contributed by atoms with Gasteiger partial charge in [0.25, 0.3) is 0 Å². The molecule has 24 heavy (non-hydrogen) atoms. The molecule has 1 aliphatic heterocycles. The molecule has 1 amide bonds. The molecule has 8 heteroatoms. The quantitative estimate of drug-likeness (QED) is 0.885. The van der Waals surface area contributed by atoms with Gasteiger partial charge in [-0.25, -0.2) is 4.39 Å². The van der Waals surface area contributed by atoms with Gasteiger partial charge in [0.2, 0.25) is 11.9 Å². The number of benzene rings is 1. The Labute approximate surface area is 139 Å². The van der Waals surface area contributed by atoms with E-state index in [4.69, 9.17) is 0 Å². The van der Waals surface area contributed by atoms with Crippen LogP contribution in [0, 0.1) is 12.7 Å². The van der Waals surface area contributed by atoms with Gasteiger partial charge in [0.05, 0.1) is 6.04 Å². The fourth-order valence-corrected chi connectivity index (χ4v) is 2.80. The Bertz CT molecular complexity index is 693. The summed E-state index contributed by atoms with van der Waals surface area (Å²) < 4.78 is 13.0. The number of hydrogen-bond donors (Lipinski definition) is 2. The first kappa shape index (κ1) is 16.4. The Hall–Kier alpha value is -2.48. The van der Waals surface area contributed by atoms with Crippen LogP contribution < -0.4 is 10.2 Å². The lowest BCUT2D eigenvalue weighted by atomic mass is 10.2. The zero-order chi connectivity index (χ0) is 17.1. The number of H-pyrrole nitrogens is 1. The summed E-state index contributed by atoms with van der Waals surface area (Å²) in [6.45, 7) is 6.77. The van der Waals surface area contributed by atoms with E-state index in [0.717, 1.165) is 31.9 Å². The Morgan fingerprint density at radius 3 is 2.50 bits per heavy atom. The van der Waals surface area contributed by atoms with Gasteiger partial charge in [0.1, 0.15) is 11.6 Å². The lowest BCUT2D eigenvalue weighted by molar-refractivity contribution is -0.120. The van der Waals surface area contributed by atoms with E-state index in [1.807, 2.05) is 6.92 Å². The van der Waals surface area contributed by atoms with Gasteiger partial charge in [0.15, 0.2) is 0 Å². The van der Waals surface area contributed by atoms with Crippen LogP contribution in [0.4, 0.5) is 16.0 Å². The van der Waals surface area contributed by atoms with Crippen LogP contribution >= 0.6 is 0 Å². The third-order valence-corrected chi connectivity index (χ3v) is 4.27. The molecule has 1 aromatic heterocycles. The maximum Gasteiger partial charge on any atom is 0.248 e. The van der Waals surface area contributed by atoms with Crippen molar-refractivity contribution in [2.24, 2.45) is 0 Å². The van der Waals surface area contributed by atoms with Crippen LogP contribution in [0.15, 0.2) is 24.3 Å². The van der Waals surface area contributed by atoms with Gasteiger partial charge in [-0.05, 0) is 38.1 Å². The van der Waals surface area contributed by atoms with Gasteiger partial charge in [-0.2, -0.15) is 4.98 Å². The second kappa shape index (κ2) is 6.96. The SMILES string of the molecule is Cc1nc(NC(=O)[C@@H](C)N2CCN(c3ccc(F)cc3)CC2)n[nH]1. The molecule has 0 radical (unpaired) electrons. The van der Waals surface area contributed by atoms with Crippen LogP contribution in [0.5, 0.6) is 0 Å². The van der Waals surface area contributed by atoms with Crippen molar-refractivity contribution in [1.82, 2.24) is 20.1 Å². The molecule has 1 aliphatic rings. The summed E-state index contributed by atoms with van der Waals surface area (Å²) >= 11 is 0. The predicted octanol–water partition coefficient (Wildman–Crippen LogP) is 1.40. The van der Waals surface area contributed by atoms with Crippen molar-refractivity contribution >= 4 is 17.5 Å². The minimum atomic E-state index is -0.265. The highest BCUT2D eigenvalue weighted by atomic mass is 19.1. The minimum Gasteiger partial charge on any atom is -0.369 e. The molecule has 1 atom stereocenters. The van der Waals surface area contributed by atoms with Gasteiger partial charge in [-0.1, -0.05) is 0 Å². The van der Waals surface area contributed by atoms with Crippen LogP contribution in [-0.4, -0.2) is 58.2 Å². The molecule has 7 nitrogen and oxygen atoms in total. The highest BCUT2D eigenvalue weighted by Gasteiger charge is 2.26. The minimum absolute atomic E-state index is 0.121. The molecule has 0 aliphatic carbocycles. The van der Waals surface area contributed by atoms with Crippen molar-refractivity contribution in [3.8, 4) is 0 Å². The number of amides is 1. The number of anilines is 2. The average Bonchev–Trinajstić information content (AvgIpc) is 3.00. The molecule has 1 aromatic carbocycles. The number of piperazine rings is 1. The molecule has 2 N–H and O–H groups in total. The smallest absolute Gasteiger partial charge is 0.248 e. The molecule has 2 aromatic rings. The second-order valence-corrected chi connectivity index (χ2v) is 5.91. The Morgan fingerprint density at radius 2 is 1.92 bits per heavy atom. The molecule has 2 heterocycles. The molecule has 1 fully saturated rings. The lowest BCUT2D eigenvalue weighted by Gasteiger charge is -2.38. The van der Waals surface area contributed by atoms with Crippen LogP contribution in [0.25, 0.3) is 0 Å². The molecular weight excluding hydrogens is 311 g/mol. The first-order chi connectivity index (χ1) is 11.5. The molecule has 128 valence electrons. The van der Waals surface area contributed by atoms with Crippen molar-refractivity contribution < 1.29 is 9.18 Å². The van der Waals surface area contributed by atoms with Crippen LogP contribution in [0.1, 0.15) is 12.7 Å². The number of rotatable bonds is 4. The van der Waals surface area contributed by atoms with E-state index in [1.165, 1.54) is 12.1 Å². The van der Waals surface area contributed by atoms with E-state index in [0.29, 0.717) is 11.8 Å². The van der Waals surface area contributed by atoms with Crippen LogP contribution in [0.2, 0.25) is 0 Å². The van der Waals surface area contributed by atoms with E-state index >= 15 is 0 Å². The number of nitrogens with one attached hydrogen (secondary N) is 2. The number of halogens is 1. The van der Waals surface area contributed by atoms with Crippen LogP contribution in [0.3, 0.4) is 0 Å². The third kappa shape index (κ3) is 3.70. The fourth-order valence-electron chi connectivity index (χ4n) is 2.80. The van der Waals surface area contributed by atoms with E-state index < -0.39 is 0 Å². The molecule has 1 saturated heterocycles. The van der Waals surface area contributed by atoms with E-state index in [1.54, 1.807) is 19.1 Å². The largest absolute Gasteiger partial charge is 0.369 e. The molecule has 3 rings (SSSR count). The Balaban J connectivity index is 1.53. The number of nitrogens with zero attached hydrogens (tertiary/aromatic N) is 4. The van der Waals surface area contributed by atoms with Gasteiger partial charge >= 0.3 is 0 Å². The Morgan fingerprint density at radius 1 is 1.25 bits per heavy atom.